The van der Waals surface area contributed by atoms with E-state index in [9.17, 15) is 35.0 Å². The van der Waals surface area contributed by atoms with Gasteiger partial charge in [0.15, 0.2) is 0 Å². The summed E-state index contributed by atoms with van der Waals surface area (Å²) in [6.45, 7) is 1.45. The second kappa shape index (κ2) is 13.1. The quantitative estimate of drug-likeness (QED) is 0.116. The summed E-state index contributed by atoms with van der Waals surface area (Å²) in [7, 11) is 0. The van der Waals surface area contributed by atoms with Crippen LogP contribution >= 0.6 is 11.6 Å². The number of aromatic hydroxyl groups is 1. The van der Waals surface area contributed by atoms with Crippen molar-refractivity contribution in [2.75, 3.05) is 11.5 Å². The van der Waals surface area contributed by atoms with Crippen molar-refractivity contribution in [3.05, 3.63) is 104 Å². The molecule has 0 radical (unpaired) electrons. The number of pyridine rings is 1. The molecule has 3 aromatic rings. The van der Waals surface area contributed by atoms with Crippen LogP contribution in [-0.4, -0.2) is 49.8 Å². The van der Waals surface area contributed by atoms with Gasteiger partial charge in [-0.25, -0.2) is 4.90 Å². The third-order valence-electron chi connectivity index (χ3n) is 8.46. The molecule has 10 nitrogen and oxygen atoms in total. The van der Waals surface area contributed by atoms with Gasteiger partial charge in [-0.1, -0.05) is 36.2 Å². The number of halogens is 1. The first-order valence-electron chi connectivity index (χ1n) is 14.4. The monoisotopic (exact) mass is 617 g/mol. The highest BCUT2D eigenvalue weighted by Gasteiger charge is 2.55. The molecule has 0 spiro atoms. The van der Waals surface area contributed by atoms with Gasteiger partial charge in [-0.15, -0.1) is 0 Å². The summed E-state index contributed by atoms with van der Waals surface area (Å²) in [6.07, 6.45) is 3.84. The lowest BCUT2D eigenvalue weighted by molar-refractivity contribution is -0.384. The van der Waals surface area contributed by atoms with Crippen LogP contribution in [0.15, 0.2) is 78.0 Å². The maximum atomic E-state index is 13.7. The number of imide groups is 1. The molecule has 4 atom stereocenters. The highest BCUT2D eigenvalue weighted by atomic mass is 35.5. The Morgan fingerprint density at radius 1 is 1.16 bits per heavy atom. The number of phenols is 1. The number of carbonyl (C=O) groups excluding carboxylic acids is 2. The Morgan fingerprint density at radius 3 is 2.61 bits per heavy atom. The lowest BCUT2D eigenvalue weighted by Gasteiger charge is -2.36. The Balaban J connectivity index is 1.44. The Kier molecular flexibility index (Phi) is 9.24. The SMILES string of the molecule is CCC1=C([C@H](O)CC/C(=C/c2ccc(O)cc2Cl)c2ccccn2)[C@H](CO)[C@@H]2C(=O)N(c3cccc([N+](=O)[O-])c3)C(=O)[C@@H]2C1. The van der Waals surface area contributed by atoms with Crippen LogP contribution in [0.3, 0.4) is 0 Å². The Morgan fingerprint density at radius 2 is 1.95 bits per heavy atom. The maximum absolute atomic E-state index is 13.7. The zero-order valence-corrected chi connectivity index (χ0v) is 24.7. The predicted molar refractivity (Wildman–Crippen MR) is 166 cm³/mol. The van der Waals surface area contributed by atoms with Gasteiger partial charge >= 0.3 is 0 Å². The molecule has 0 saturated carbocycles. The van der Waals surface area contributed by atoms with E-state index in [1.54, 1.807) is 18.3 Å². The molecule has 2 aliphatic rings. The van der Waals surface area contributed by atoms with Crippen LogP contribution in [0.4, 0.5) is 11.4 Å². The number of fused-ring (bicyclic) bond motifs is 1. The average molecular weight is 618 g/mol. The molecule has 1 fully saturated rings. The second-order valence-corrected chi connectivity index (χ2v) is 11.4. The maximum Gasteiger partial charge on any atom is 0.271 e. The standard InChI is InChI=1S/C33H32ClN3O7/c1-2-19-15-25-31(33(42)36(32(25)41)22-6-5-7-23(16-22)37(43)44)26(18-38)30(19)29(40)12-10-21(28-8-3-4-13-35-28)14-20-9-11-24(39)17-27(20)34/h3-9,11,13-14,16-17,25-26,29,31,38-40H,2,10,12,15,18H2,1H3/b21-14-/t25-,26+,29-,31-/m1/s1. The Labute approximate surface area is 259 Å². The molecule has 1 saturated heterocycles. The number of rotatable bonds is 10. The first-order chi connectivity index (χ1) is 21.1. The number of aromatic nitrogens is 1. The highest BCUT2D eigenvalue weighted by Crippen LogP contribution is 2.48. The molecule has 5 rings (SSSR count). The van der Waals surface area contributed by atoms with Crippen molar-refractivity contribution in [1.29, 1.82) is 0 Å². The molecule has 2 amide bonds. The second-order valence-electron chi connectivity index (χ2n) is 11.0. The van der Waals surface area contributed by atoms with Crippen LogP contribution in [-0.2, 0) is 9.59 Å². The van der Waals surface area contributed by atoms with Crippen LogP contribution < -0.4 is 4.90 Å². The third kappa shape index (κ3) is 6.01. The van der Waals surface area contributed by atoms with E-state index in [1.165, 1.54) is 36.4 Å². The lowest BCUT2D eigenvalue weighted by atomic mass is 9.67. The predicted octanol–water partition coefficient (Wildman–Crippen LogP) is 5.56. The van der Waals surface area contributed by atoms with E-state index in [2.05, 4.69) is 4.98 Å². The van der Waals surface area contributed by atoms with Crippen LogP contribution in [0.1, 0.15) is 43.9 Å². The summed E-state index contributed by atoms with van der Waals surface area (Å²) in [6, 6.07) is 15.5. The number of non-ortho nitro benzene ring substituents is 1. The fourth-order valence-electron chi connectivity index (χ4n) is 6.39. The normalized spacial score (nSPS) is 21.0. The average Bonchev–Trinajstić information content (AvgIpc) is 3.28. The fraction of sp³-hybridized carbons (Fsp3) is 0.303. The van der Waals surface area contributed by atoms with Crippen molar-refractivity contribution in [3.63, 3.8) is 0 Å². The van der Waals surface area contributed by atoms with Gasteiger partial charge in [0.2, 0.25) is 11.8 Å². The first-order valence-corrected chi connectivity index (χ1v) is 14.8. The van der Waals surface area contributed by atoms with Gasteiger partial charge in [0.05, 0.1) is 45.9 Å². The number of aliphatic hydroxyl groups excluding tert-OH is 2. The molecule has 0 bridgehead atoms. The van der Waals surface area contributed by atoms with Crippen molar-refractivity contribution in [1.82, 2.24) is 4.98 Å². The van der Waals surface area contributed by atoms with Crippen molar-refractivity contribution in [3.8, 4) is 5.75 Å². The molecule has 1 aliphatic carbocycles. The molecule has 1 aliphatic heterocycles. The van der Waals surface area contributed by atoms with Gasteiger partial charge in [-0.05, 0) is 84.9 Å². The van der Waals surface area contributed by atoms with E-state index >= 15 is 0 Å². The lowest BCUT2D eigenvalue weighted by Crippen LogP contribution is -2.39. The van der Waals surface area contributed by atoms with Gasteiger partial charge in [-0.3, -0.25) is 24.7 Å². The van der Waals surface area contributed by atoms with Gasteiger partial charge in [0.25, 0.3) is 5.69 Å². The number of allylic oxidation sites excluding steroid dienone is 2. The molecule has 2 aromatic carbocycles. The van der Waals surface area contributed by atoms with E-state index in [-0.39, 0.29) is 30.0 Å². The van der Waals surface area contributed by atoms with Gasteiger partial charge in [-0.2, -0.15) is 0 Å². The molecule has 1 aromatic heterocycles. The number of aliphatic hydroxyl groups is 2. The molecule has 228 valence electrons. The summed E-state index contributed by atoms with van der Waals surface area (Å²) < 4.78 is 0. The number of amides is 2. The van der Waals surface area contributed by atoms with Crippen molar-refractivity contribution in [2.24, 2.45) is 17.8 Å². The van der Waals surface area contributed by atoms with E-state index in [0.29, 0.717) is 34.7 Å². The molecule has 2 heterocycles. The summed E-state index contributed by atoms with van der Waals surface area (Å²) in [5.74, 6) is -3.43. The van der Waals surface area contributed by atoms with Gasteiger partial charge in [0, 0.05) is 24.2 Å². The van der Waals surface area contributed by atoms with Crippen molar-refractivity contribution >= 4 is 46.4 Å². The number of carbonyl (C=O) groups is 2. The molecular weight excluding hydrogens is 586 g/mol. The molecule has 44 heavy (non-hydrogen) atoms. The Bertz CT molecular complexity index is 1660. The highest BCUT2D eigenvalue weighted by molar-refractivity contribution is 6.32. The van der Waals surface area contributed by atoms with Crippen molar-refractivity contribution < 1.29 is 29.8 Å². The number of hydrogen-bond acceptors (Lipinski definition) is 8. The van der Waals surface area contributed by atoms with Crippen LogP contribution in [0.2, 0.25) is 5.02 Å². The zero-order chi connectivity index (χ0) is 31.5. The van der Waals surface area contributed by atoms with Gasteiger partial charge < -0.3 is 15.3 Å². The van der Waals surface area contributed by atoms with Crippen LogP contribution in [0, 0.1) is 27.9 Å². The topological polar surface area (TPSA) is 154 Å². The summed E-state index contributed by atoms with van der Waals surface area (Å²) in [5, 5.41) is 43.7. The minimum Gasteiger partial charge on any atom is -0.508 e. The number of benzene rings is 2. The smallest absolute Gasteiger partial charge is 0.271 e. The minimum atomic E-state index is -1.03. The first kappa shape index (κ1) is 31.1. The molecule has 3 N–H and O–H groups in total. The summed E-state index contributed by atoms with van der Waals surface area (Å²) in [5.41, 5.74) is 3.36. The fourth-order valence-corrected chi connectivity index (χ4v) is 6.62. The van der Waals surface area contributed by atoms with E-state index in [1.807, 2.05) is 25.1 Å². The van der Waals surface area contributed by atoms with Crippen LogP contribution in [0.5, 0.6) is 5.75 Å². The van der Waals surface area contributed by atoms with Crippen molar-refractivity contribution in [2.45, 2.75) is 38.7 Å². The van der Waals surface area contributed by atoms with Gasteiger partial charge in [0.1, 0.15) is 5.75 Å². The third-order valence-corrected chi connectivity index (χ3v) is 8.79. The summed E-state index contributed by atoms with van der Waals surface area (Å²) in [4.78, 5) is 43.5. The minimum absolute atomic E-state index is 0.0376. The van der Waals surface area contributed by atoms with E-state index in [0.717, 1.165) is 16.0 Å². The number of nitro benzene ring substituents is 1. The molecule has 11 heteroatoms. The number of nitrogens with zero attached hydrogens (tertiary/aromatic N) is 3. The van der Waals surface area contributed by atoms with Crippen LogP contribution in [0.25, 0.3) is 11.6 Å². The molecular formula is C33H32ClN3O7. The molecule has 0 unspecified atom stereocenters. The Hall–Kier alpha value is -4.38. The number of phenolic OH excluding ortho intramolecular Hbond substituents is 1. The van der Waals surface area contributed by atoms with E-state index in [4.69, 9.17) is 11.6 Å². The number of anilines is 1. The largest absolute Gasteiger partial charge is 0.508 e. The summed E-state index contributed by atoms with van der Waals surface area (Å²) >= 11 is 6.37. The zero-order valence-electron chi connectivity index (χ0n) is 24.0. The number of nitro groups is 1. The van der Waals surface area contributed by atoms with E-state index < -0.39 is 47.2 Å². The number of hydrogen-bond donors (Lipinski definition) is 3.